The van der Waals surface area contributed by atoms with E-state index in [9.17, 15) is 0 Å². The van der Waals surface area contributed by atoms with Crippen LogP contribution in [0.25, 0.3) is 0 Å². The highest BCUT2D eigenvalue weighted by Gasteiger charge is 2.33. The van der Waals surface area contributed by atoms with Crippen molar-refractivity contribution in [3.05, 3.63) is 22.4 Å². The van der Waals surface area contributed by atoms with E-state index in [4.69, 9.17) is 5.73 Å². The topological polar surface area (TPSA) is 32.5 Å². The normalized spacial score (nSPS) is 28.0. The van der Waals surface area contributed by atoms with Gasteiger partial charge in [-0.05, 0) is 50.2 Å². The summed E-state index contributed by atoms with van der Waals surface area (Å²) >= 11 is 1.91. The Balaban J connectivity index is 1.58. The van der Waals surface area contributed by atoms with Crippen molar-refractivity contribution in [2.24, 2.45) is 5.73 Å². The van der Waals surface area contributed by atoms with Crippen molar-refractivity contribution in [2.45, 2.75) is 50.7 Å². The van der Waals surface area contributed by atoms with Crippen LogP contribution in [-0.4, -0.2) is 48.1 Å². The Labute approximate surface area is 126 Å². The van der Waals surface area contributed by atoms with Gasteiger partial charge in [0.05, 0.1) is 0 Å². The Morgan fingerprint density at radius 3 is 2.75 bits per heavy atom. The summed E-state index contributed by atoms with van der Waals surface area (Å²) in [6, 6.07) is 6.32. The molecule has 112 valence electrons. The van der Waals surface area contributed by atoms with Gasteiger partial charge >= 0.3 is 0 Å². The molecular formula is C16H27N3S. The summed E-state index contributed by atoms with van der Waals surface area (Å²) in [5, 5.41) is 2.21. The first-order chi connectivity index (χ1) is 9.78. The third-order valence-electron chi connectivity index (χ3n) is 4.98. The van der Waals surface area contributed by atoms with E-state index in [1.165, 1.54) is 56.7 Å². The summed E-state index contributed by atoms with van der Waals surface area (Å²) in [5.41, 5.74) is 6.02. The van der Waals surface area contributed by atoms with Crippen molar-refractivity contribution in [1.82, 2.24) is 9.80 Å². The van der Waals surface area contributed by atoms with Crippen LogP contribution >= 0.6 is 11.3 Å². The lowest BCUT2D eigenvalue weighted by atomic mass is 10.0. The van der Waals surface area contributed by atoms with E-state index in [1.54, 1.807) is 0 Å². The second-order valence-electron chi connectivity index (χ2n) is 6.25. The molecule has 0 aromatic carbocycles. The molecule has 0 spiro atoms. The third kappa shape index (κ3) is 3.08. The molecule has 2 unspecified atom stereocenters. The van der Waals surface area contributed by atoms with E-state index in [2.05, 4.69) is 34.2 Å². The molecule has 2 aliphatic rings. The zero-order valence-corrected chi connectivity index (χ0v) is 13.3. The van der Waals surface area contributed by atoms with Gasteiger partial charge in [-0.3, -0.25) is 9.80 Å². The molecule has 4 heteroatoms. The summed E-state index contributed by atoms with van der Waals surface area (Å²) in [6.07, 6.45) is 4.91. The molecule has 0 aliphatic carbocycles. The number of rotatable bonds is 4. The number of nitrogens with two attached hydrogens (primary N) is 1. The summed E-state index contributed by atoms with van der Waals surface area (Å²) < 4.78 is 0. The van der Waals surface area contributed by atoms with Gasteiger partial charge in [-0.2, -0.15) is 0 Å². The van der Waals surface area contributed by atoms with E-state index in [0.29, 0.717) is 12.1 Å². The number of likely N-dealkylation sites (tertiary alicyclic amines) is 2. The lowest BCUT2D eigenvalue weighted by molar-refractivity contribution is 0.143. The van der Waals surface area contributed by atoms with Crippen molar-refractivity contribution in [2.75, 3.05) is 26.2 Å². The predicted octanol–water partition coefficient (Wildman–Crippen LogP) is 2.70. The van der Waals surface area contributed by atoms with Crippen LogP contribution in [-0.2, 0) is 0 Å². The molecule has 0 bridgehead atoms. The van der Waals surface area contributed by atoms with E-state index in [1.807, 2.05) is 11.3 Å². The van der Waals surface area contributed by atoms with E-state index in [-0.39, 0.29) is 0 Å². The van der Waals surface area contributed by atoms with Gasteiger partial charge in [0.1, 0.15) is 0 Å². The number of piperidine rings is 1. The molecule has 1 aromatic heterocycles. The summed E-state index contributed by atoms with van der Waals surface area (Å²) in [5.74, 6) is 0. The van der Waals surface area contributed by atoms with Crippen LogP contribution in [0, 0.1) is 0 Å². The highest BCUT2D eigenvalue weighted by Crippen LogP contribution is 2.32. The Bertz CT molecular complexity index is 398. The fourth-order valence-electron chi connectivity index (χ4n) is 3.75. The fourth-order valence-corrected chi connectivity index (χ4v) is 4.70. The standard InChI is InChI=1S/C16H27N3S/c1-2-15(16-4-3-11-20-16)19-10-7-14(12-19)18-8-5-13(17)6-9-18/h3-4,11,13-15H,2,5-10,12,17H2,1H3. The number of nitrogens with zero attached hydrogens (tertiary/aromatic N) is 2. The van der Waals surface area contributed by atoms with Gasteiger partial charge in [-0.1, -0.05) is 13.0 Å². The van der Waals surface area contributed by atoms with Crippen LogP contribution in [0.15, 0.2) is 17.5 Å². The zero-order chi connectivity index (χ0) is 13.9. The maximum absolute atomic E-state index is 6.02. The molecule has 20 heavy (non-hydrogen) atoms. The Hall–Kier alpha value is -0.420. The number of hydrogen-bond acceptors (Lipinski definition) is 4. The molecule has 2 saturated heterocycles. The molecule has 2 N–H and O–H groups in total. The molecule has 2 fully saturated rings. The van der Waals surface area contributed by atoms with E-state index in [0.717, 1.165) is 6.04 Å². The highest BCUT2D eigenvalue weighted by atomic mass is 32.1. The maximum atomic E-state index is 6.02. The lowest BCUT2D eigenvalue weighted by Gasteiger charge is -2.35. The maximum Gasteiger partial charge on any atom is 0.0439 e. The van der Waals surface area contributed by atoms with E-state index < -0.39 is 0 Å². The van der Waals surface area contributed by atoms with Crippen LogP contribution < -0.4 is 5.73 Å². The molecule has 3 nitrogen and oxygen atoms in total. The second kappa shape index (κ2) is 6.56. The van der Waals surface area contributed by atoms with Crippen molar-refractivity contribution in [1.29, 1.82) is 0 Å². The van der Waals surface area contributed by atoms with Crippen LogP contribution in [0.2, 0.25) is 0 Å². The quantitative estimate of drug-likeness (QED) is 0.926. The molecule has 0 radical (unpaired) electrons. The summed E-state index contributed by atoms with van der Waals surface area (Å²) in [6.45, 7) is 7.22. The first-order valence-corrected chi connectivity index (χ1v) is 8.93. The summed E-state index contributed by atoms with van der Waals surface area (Å²) in [7, 11) is 0. The minimum Gasteiger partial charge on any atom is -0.328 e. The molecule has 0 amide bonds. The van der Waals surface area contributed by atoms with Crippen molar-refractivity contribution in [3.8, 4) is 0 Å². The first kappa shape index (κ1) is 14.5. The van der Waals surface area contributed by atoms with Crippen molar-refractivity contribution in [3.63, 3.8) is 0 Å². The molecular weight excluding hydrogens is 266 g/mol. The third-order valence-corrected chi connectivity index (χ3v) is 5.96. The van der Waals surface area contributed by atoms with Crippen LogP contribution in [0.1, 0.15) is 43.5 Å². The SMILES string of the molecule is CCC(c1cccs1)N1CCC(N2CCC(N)CC2)C1. The molecule has 1 aromatic rings. The van der Waals surface area contributed by atoms with Gasteiger partial charge < -0.3 is 5.73 Å². The van der Waals surface area contributed by atoms with Gasteiger partial charge in [-0.15, -0.1) is 11.3 Å². The second-order valence-corrected chi connectivity index (χ2v) is 7.23. The highest BCUT2D eigenvalue weighted by molar-refractivity contribution is 7.10. The predicted molar refractivity (Wildman–Crippen MR) is 86.1 cm³/mol. The monoisotopic (exact) mass is 293 g/mol. The molecule has 0 saturated carbocycles. The zero-order valence-electron chi connectivity index (χ0n) is 12.5. The molecule has 3 heterocycles. The van der Waals surface area contributed by atoms with Gasteiger partial charge in [0.15, 0.2) is 0 Å². The smallest absolute Gasteiger partial charge is 0.0439 e. The summed E-state index contributed by atoms with van der Waals surface area (Å²) in [4.78, 5) is 6.92. The minimum absolute atomic E-state index is 0.443. The van der Waals surface area contributed by atoms with Crippen LogP contribution in [0.4, 0.5) is 0 Å². The molecule has 2 aliphatic heterocycles. The largest absolute Gasteiger partial charge is 0.328 e. The fraction of sp³-hybridized carbons (Fsp3) is 0.750. The first-order valence-electron chi connectivity index (χ1n) is 8.05. The van der Waals surface area contributed by atoms with Crippen molar-refractivity contribution < 1.29 is 0 Å². The van der Waals surface area contributed by atoms with Gasteiger partial charge in [0, 0.05) is 36.1 Å². The van der Waals surface area contributed by atoms with Crippen LogP contribution in [0.5, 0.6) is 0 Å². The van der Waals surface area contributed by atoms with Gasteiger partial charge in [0.25, 0.3) is 0 Å². The molecule has 2 atom stereocenters. The molecule has 3 rings (SSSR count). The average molecular weight is 293 g/mol. The average Bonchev–Trinajstić information content (AvgIpc) is 3.12. The lowest BCUT2D eigenvalue weighted by Crippen LogP contribution is -2.46. The van der Waals surface area contributed by atoms with Crippen LogP contribution in [0.3, 0.4) is 0 Å². The number of hydrogen-bond donors (Lipinski definition) is 1. The Morgan fingerprint density at radius 2 is 2.10 bits per heavy atom. The van der Waals surface area contributed by atoms with E-state index >= 15 is 0 Å². The Kier molecular flexibility index (Phi) is 4.76. The minimum atomic E-state index is 0.443. The number of thiophene rings is 1. The van der Waals surface area contributed by atoms with Gasteiger partial charge in [0.2, 0.25) is 0 Å². The Morgan fingerprint density at radius 1 is 1.30 bits per heavy atom. The van der Waals surface area contributed by atoms with Gasteiger partial charge in [-0.25, -0.2) is 0 Å². The van der Waals surface area contributed by atoms with Crippen molar-refractivity contribution >= 4 is 11.3 Å².